The van der Waals surface area contributed by atoms with Crippen molar-refractivity contribution in [2.24, 2.45) is 5.92 Å². The van der Waals surface area contributed by atoms with Crippen molar-refractivity contribution >= 4 is 28.8 Å². The Bertz CT molecular complexity index is 825. The van der Waals surface area contributed by atoms with E-state index in [-0.39, 0.29) is 16.8 Å². The molecule has 6 nitrogen and oxygen atoms in total. The number of hydrogen-bond donors (Lipinski definition) is 2. The molecule has 0 aliphatic carbocycles. The second kappa shape index (κ2) is 10.5. The lowest BCUT2D eigenvalue weighted by Crippen LogP contribution is -2.40. The van der Waals surface area contributed by atoms with Gasteiger partial charge in [0.25, 0.3) is 0 Å². The second-order valence-corrected chi connectivity index (χ2v) is 7.45. The van der Waals surface area contributed by atoms with Crippen LogP contribution in [-0.2, 0) is 25.5 Å². The molecule has 2 atom stereocenters. The van der Waals surface area contributed by atoms with Crippen LogP contribution in [0.3, 0.4) is 0 Å². The highest BCUT2D eigenvalue weighted by Crippen LogP contribution is 2.22. The molecule has 2 unspecified atom stereocenters. The first-order valence-electron chi connectivity index (χ1n) is 8.75. The summed E-state index contributed by atoms with van der Waals surface area (Å²) in [5.41, 5.74) is 1.37. The molecule has 28 heavy (non-hydrogen) atoms. The predicted molar refractivity (Wildman–Crippen MR) is 108 cm³/mol. The molecule has 2 aromatic carbocycles. The smallest absolute Gasteiger partial charge is 0.333 e. The molecule has 2 N–H and O–H groups in total. The lowest BCUT2D eigenvalue weighted by Gasteiger charge is -2.21. The third-order valence-electron chi connectivity index (χ3n) is 4.11. The van der Waals surface area contributed by atoms with Crippen LogP contribution in [0.25, 0.3) is 0 Å². The number of benzene rings is 2. The largest absolute Gasteiger partial charge is 0.508 e. The lowest BCUT2D eigenvalue weighted by molar-refractivity contribution is -0.145. The molecule has 2 aromatic rings. The Morgan fingerprint density at radius 1 is 1.11 bits per heavy atom. The summed E-state index contributed by atoms with van der Waals surface area (Å²) in [5, 5.41) is 12.3. The van der Waals surface area contributed by atoms with Crippen LogP contribution in [0.2, 0.25) is 0 Å². The normalized spacial score (nSPS) is 12.6. The Morgan fingerprint density at radius 3 is 2.43 bits per heavy atom. The summed E-state index contributed by atoms with van der Waals surface area (Å²) in [4.78, 5) is 36.6. The van der Waals surface area contributed by atoms with E-state index in [9.17, 15) is 19.5 Å². The van der Waals surface area contributed by atoms with Gasteiger partial charge in [0.1, 0.15) is 5.75 Å². The molecule has 0 fully saturated rings. The number of nitrogens with one attached hydrogen (secondary N) is 1. The number of rotatable bonds is 8. The standard InChI is InChI=1S/C21H23NO5S/c1-14(23)28-13-17(11-15-7-4-3-5-8-15)20(25)22-19(21(26)27-2)16-9-6-10-18(24)12-16/h3-10,12,17,19,24H,11,13H2,1-2H3,(H,22,25). The summed E-state index contributed by atoms with van der Waals surface area (Å²) in [5.74, 6) is -1.24. The zero-order valence-corrected chi connectivity index (χ0v) is 16.6. The third-order valence-corrected chi connectivity index (χ3v) is 5.09. The van der Waals surface area contributed by atoms with E-state index in [1.165, 1.54) is 26.2 Å². The van der Waals surface area contributed by atoms with Crippen molar-refractivity contribution in [3.8, 4) is 5.75 Å². The minimum atomic E-state index is -1.05. The van der Waals surface area contributed by atoms with Crippen molar-refractivity contribution < 1.29 is 24.2 Å². The van der Waals surface area contributed by atoms with Gasteiger partial charge in [-0.3, -0.25) is 9.59 Å². The van der Waals surface area contributed by atoms with Gasteiger partial charge in [-0.2, -0.15) is 0 Å². The molecule has 0 spiro atoms. The number of carbonyl (C=O) groups excluding carboxylic acids is 3. The van der Waals surface area contributed by atoms with E-state index in [1.54, 1.807) is 12.1 Å². The van der Waals surface area contributed by atoms with Crippen LogP contribution in [0.1, 0.15) is 24.1 Å². The van der Waals surface area contributed by atoms with E-state index in [0.717, 1.165) is 17.3 Å². The van der Waals surface area contributed by atoms with Gasteiger partial charge in [-0.25, -0.2) is 4.79 Å². The Balaban J connectivity index is 2.22. The second-order valence-electron chi connectivity index (χ2n) is 6.25. The zero-order valence-electron chi connectivity index (χ0n) is 15.8. The molecule has 7 heteroatoms. The van der Waals surface area contributed by atoms with Gasteiger partial charge in [-0.15, -0.1) is 0 Å². The quantitative estimate of drug-likeness (QED) is 0.661. The van der Waals surface area contributed by atoms with Crippen molar-refractivity contribution in [2.75, 3.05) is 12.9 Å². The molecule has 0 heterocycles. The van der Waals surface area contributed by atoms with Crippen LogP contribution in [0, 0.1) is 5.92 Å². The van der Waals surface area contributed by atoms with Crippen molar-refractivity contribution in [1.82, 2.24) is 5.32 Å². The van der Waals surface area contributed by atoms with Gasteiger partial charge in [0.2, 0.25) is 5.91 Å². The van der Waals surface area contributed by atoms with Crippen LogP contribution in [0.5, 0.6) is 5.75 Å². The Morgan fingerprint density at radius 2 is 1.82 bits per heavy atom. The van der Waals surface area contributed by atoms with E-state index in [2.05, 4.69) is 5.32 Å². The van der Waals surface area contributed by atoms with Crippen LogP contribution >= 0.6 is 11.8 Å². The summed E-state index contributed by atoms with van der Waals surface area (Å²) >= 11 is 1.07. The summed E-state index contributed by atoms with van der Waals surface area (Å²) in [6.45, 7) is 1.45. The average Bonchev–Trinajstić information content (AvgIpc) is 2.69. The number of esters is 1. The van der Waals surface area contributed by atoms with Gasteiger partial charge in [-0.1, -0.05) is 54.2 Å². The van der Waals surface area contributed by atoms with Crippen molar-refractivity contribution in [3.63, 3.8) is 0 Å². The molecule has 0 aliphatic rings. The number of ether oxygens (including phenoxy) is 1. The van der Waals surface area contributed by atoms with E-state index in [1.807, 2.05) is 30.3 Å². The van der Waals surface area contributed by atoms with Crippen LogP contribution in [0.15, 0.2) is 54.6 Å². The molecule has 0 saturated carbocycles. The first-order valence-corrected chi connectivity index (χ1v) is 9.73. The average molecular weight is 401 g/mol. The molecular weight excluding hydrogens is 378 g/mol. The monoisotopic (exact) mass is 401 g/mol. The maximum atomic E-state index is 12.9. The number of hydrogen-bond acceptors (Lipinski definition) is 6. The lowest BCUT2D eigenvalue weighted by atomic mass is 9.99. The number of phenols is 1. The molecule has 2 rings (SSSR count). The van der Waals surface area contributed by atoms with Gasteiger partial charge in [0.05, 0.1) is 13.0 Å². The van der Waals surface area contributed by atoms with E-state index in [0.29, 0.717) is 17.7 Å². The Labute approximate surface area is 168 Å². The maximum Gasteiger partial charge on any atom is 0.333 e. The van der Waals surface area contributed by atoms with Gasteiger partial charge in [0.15, 0.2) is 11.2 Å². The fourth-order valence-electron chi connectivity index (χ4n) is 2.70. The number of methoxy groups -OCH3 is 1. The minimum absolute atomic E-state index is 0.0198. The first-order chi connectivity index (χ1) is 13.4. The molecular formula is C21H23NO5S. The fraction of sp³-hybridized carbons (Fsp3) is 0.286. The molecule has 148 valence electrons. The fourth-order valence-corrected chi connectivity index (χ4v) is 3.41. The minimum Gasteiger partial charge on any atom is -0.508 e. The molecule has 0 aromatic heterocycles. The molecule has 0 saturated heterocycles. The number of carbonyl (C=O) groups is 3. The summed E-state index contributed by atoms with van der Waals surface area (Å²) in [7, 11) is 1.23. The molecule has 0 radical (unpaired) electrons. The summed E-state index contributed by atoms with van der Waals surface area (Å²) < 4.78 is 4.81. The number of phenolic OH excluding ortho intramolecular Hbond substituents is 1. The van der Waals surface area contributed by atoms with Crippen molar-refractivity contribution in [3.05, 3.63) is 65.7 Å². The molecule has 0 aliphatic heterocycles. The highest BCUT2D eigenvalue weighted by Gasteiger charge is 2.28. The van der Waals surface area contributed by atoms with E-state index >= 15 is 0 Å². The van der Waals surface area contributed by atoms with Crippen LogP contribution < -0.4 is 5.32 Å². The Hall–Kier alpha value is -2.80. The maximum absolute atomic E-state index is 12.9. The van der Waals surface area contributed by atoms with Crippen molar-refractivity contribution in [1.29, 1.82) is 0 Å². The summed E-state index contributed by atoms with van der Waals surface area (Å²) in [6.07, 6.45) is 0.431. The zero-order chi connectivity index (χ0) is 20.5. The molecule has 1 amide bonds. The van der Waals surface area contributed by atoms with Crippen LogP contribution in [0.4, 0.5) is 0 Å². The highest BCUT2D eigenvalue weighted by molar-refractivity contribution is 8.13. The highest BCUT2D eigenvalue weighted by atomic mass is 32.2. The van der Waals surface area contributed by atoms with Gasteiger partial charge >= 0.3 is 5.97 Å². The van der Waals surface area contributed by atoms with Gasteiger partial charge in [0, 0.05) is 12.7 Å². The van der Waals surface area contributed by atoms with Gasteiger partial charge < -0.3 is 15.2 Å². The number of aromatic hydroxyl groups is 1. The van der Waals surface area contributed by atoms with Gasteiger partial charge in [-0.05, 0) is 29.7 Å². The third kappa shape index (κ3) is 6.42. The number of amides is 1. The summed E-state index contributed by atoms with van der Waals surface area (Å²) in [6, 6.07) is 14.5. The van der Waals surface area contributed by atoms with Crippen LogP contribution in [-0.4, -0.2) is 35.0 Å². The predicted octanol–water partition coefficient (Wildman–Crippen LogP) is 2.86. The Kier molecular flexibility index (Phi) is 8.07. The van der Waals surface area contributed by atoms with E-state index in [4.69, 9.17) is 4.74 Å². The van der Waals surface area contributed by atoms with Crippen molar-refractivity contribution in [2.45, 2.75) is 19.4 Å². The topological polar surface area (TPSA) is 92.7 Å². The number of thioether (sulfide) groups is 1. The SMILES string of the molecule is COC(=O)C(NC(=O)C(CSC(C)=O)Cc1ccccc1)c1cccc(O)c1. The van der Waals surface area contributed by atoms with E-state index < -0.39 is 17.9 Å². The first kappa shape index (κ1) is 21.5. The molecule has 0 bridgehead atoms.